The van der Waals surface area contributed by atoms with E-state index in [-0.39, 0.29) is 6.61 Å². The molecule has 1 saturated carbocycles. The van der Waals surface area contributed by atoms with Crippen LogP contribution in [-0.2, 0) is 20.7 Å². The molecule has 1 fully saturated rings. The Labute approximate surface area is 163 Å². The standard InChI is InChI=1S/C20H23ClN2O4/c1-13(18(24)23-20(12-22)7-3-2-4-8-20)27-19(25)15-9-14-10-16(21)5-6-17(14)26-11-15/h5-6,10,13,15H,2-4,7-9,11H2,1H3,(H,23,24)/t13-,15-/m0/s1. The minimum absolute atomic E-state index is 0.198. The molecule has 0 spiro atoms. The third-order valence-corrected chi connectivity index (χ3v) is 5.44. The number of nitrogens with one attached hydrogen (secondary N) is 1. The zero-order valence-electron chi connectivity index (χ0n) is 15.3. The summed E-state index contributed by atoms with van der Waals surface area (Å²) in [7, 11) is 0. The number of hydrogen-bond acceptors (Lipinski definition) is 5. The van der Waals surface area contributed by atoms with Crippen LogP contribution in [0.2, 0.25) is 5.02 Å². The molecular weight excluding hydrogens is 368 g/mol. The molecule has 2 aliphatic rings. The fourth-order valence-corrected chi connectivity index (χ4v) is 3.79. The largest absolute Gasteiger partial charge is 0.492 e. The predicted molar refractivity (Wildman–Crippen MR) is 99.3 cm³/mol. The normalized spacial score (nSPS) is 21.7. The first-order valence-electron chi connectivity index (χ1n) is 9.27. The lowest BCUT2D eigenvalue weighted by atomic mass is 9.83. The summed E-state index contributed by atoms with van der Waals surface area (Å²) < 4.78 is 11.0. The lowest BCUT2D eigenvalue weighted by Gasteiger charge is -2.32. The monoisotopic (exact) mass is 390 g/mol. The van der Waals surface area contributed by atoms with Gasteiger partial charge < -0.3 is 14.8 Å². The summed E-state index contributed by atoms with van der Waals surface area (Å²) in [6, 6.07) is 7.52. The van der Waals surface area contributed by atoms with E-state index in [2.05, 4.69) is 11.4 Å². The molecule has 27 heavy (non-hydrogen) atoms. The lowest BCUT2D eigenvalue weighted by Crippen LogP contribution is -2.52. The molecule has 6 nitrogen and oxygen atoms in total. The highest BCUT2D eigenvalue weighted by atomic mass is 35.5. The van der Waals surface area contributed by atoms with Gasteiger partial charge in [-0.15, -0.1) is 0 Å². The first-order chi connectivity index (χ1) is 12.9. The topological polar surface area (TPSA) is 88.4 Å². The minimum atomic E-state index is -0.967. The van der Waals surface area contributed by atoms with Crippen molar-refractivity contribution in [2.75, 3.05) is 6.61 Å². The predicted octanol–water partition coefficient (Wildman–Crippen LogP) is 3.17. The smallest absolute Gasteiger partial charge is 0.313 e. The average molecular weight is 391 g/mol. The van der Waals surface area contributed by atoms with Gasteiger partial charge in [0.15, 0.2) is 6.10 Å². The maximum atomic E-state index is 12.5. The molecule has 1 aromatic rings. The van der Waals surface area contributed by atoms with E-state index in [4.69, 9.17) is 21.1 Å². The number of ether oxygens (including phenoxy) is 2. The summed E-state index contributed by atoms with van der Waals surface area (Å²) in [5, 5.41) is 12.8. The zero-order valence-corrected chi connectivity index (χ0v) is 16.1. The van der Waals surface area contributed by atoms with Gasteiger partial charge in [-0.3, -0.25) is 9.59 Å². The third kappa shape index (κ3) is 4.54. The van der Waals surface area contributed by atoms with Crippen LogP contribution < -0.4 is 10.1 Å². The number of hydrogen-bond donors (Lipinski definition) is 1. The van der Waals surface area contributed by atoms with Gasteiger partial charge in [-0.05, 0) is 49.9 Å². The van der Waals surface area contributed by atoms with Crippen LogP contribution in [-0.4, -0.2) is 30.1 Å². The van der Waals surface area contributed by atoms with Gasteiger partial charge in [0.2, 0.25) is 0 Å². The van der Waals surface area contributed by atoms with E-state index in [0.29, 0.717) is 30.0 Å². The van der Waals surface area contributed by atoms with E-state index in [0.717, 1.165) is 24.8 Å². The van der Waals surface area contributed by atoms with Crippen molar-refractivity contribution in [1.29, 1.82) is 5.26 Å². The molecule has 1 amide bonds. The maximum absolute atomic E-state index is 12.5. The summed E-state index contributed by atoms with van der Waals surface area (Å²) >= 11 is 6.00. The first-order valence-corrected chi connectivity index (χ1v) is 9.65. The summed E-state index contributed by atoms with van der Waals surface area (Å²) in [4.78, 5) is 24.9. The Balaban J connectivity index is 1.57. The number of nitriles is 1. The molecule has 3 rings (SSSR count). The summed E-state index contributed by atoms with van der Waals surface area (Å²) in [5.74, 6) is -0.710. The van der Waals surface area contributed by atoms with Crippen molar-refractivity contribution in [2.24, 2.45) is 5.92 Å². The van der Waals surface area contributed by atoms with Crippen molar-refractivity contribution >= 4 is 23.5 Å². The minimum Gasteiger partial charge on any atom is -0.492 e. The Kier molecular flexibility index (Phi) is 5.91. The Morgan fingerprint density at radius 2 is 2.11 bits per heavy atom. The number of carbonyl (C=O) groups is 2. The number of benzene rings is 1. The molecule has 1 N–H and O–H groups in total. The molecule has 2 atom stereocenters. The maximum Gasteiger partial charge on any atom is 0.313 e. The summed E-state index contributed by atoms with van der Waals surface area (Å²) in [6.07, 6.45) is 3.62. The van der Waals surface area contributed by atoms with Crippen molar-refractivity contribution in [1.82, 2.24) is 5.32 Å². The number of rotatable bonds is 4. The van der Waals surface area contributed by atoms with Gasteiger partial charge in [-0.25, -0.2) is 0 Å². The van der Waals surface area contributed by atoms with Crippen molar-refractivity contribution < 1.29 is 19.1 Å². The molecule has 1 aromatic carbocycles. The van der Waals surface area contributed by atoms with E-state index < -0.39 is 29.4 Å². The van der Waals surface area contributed by atoms with Crippen LogP contribution in [0.15, 0.2) is 18.2 Å². The molecule has 144 valence electrons. The molecule has 0 unspecified atom stereocenters. The number of nitrogens with zero attached hydrogens (tertiary/aromatic N) is 1. The van der Waals surface area contributed by atoms with E-state index in [1.165, 1.54) is 6.92 Å². The van der Waals surface area contributed by atoms with Crippen LogP contribution in [0, 0.1) is 17.2 Å². The fourth-order valence-electron chi connectivity index (χ4n) is 3.60. The second-order valence-electron chi connectivity index (χ2n) is 7.29. The highest BCUT2D eigenvalue weighted by Gasteiger charge is 2.36. The quantitative estimate of drug-likeness (QED) is 0.797. The molecule has 1 heterocycles. The molecule has 7 heteroatoms. The van der Waals surface area contributed by atoms with Gasteiger partial charge in [-0.1, -0.05) is 30.9 Å². The second-order valence-corrected chi connectivity index (χ2v) is 7.72. The van der Waals surface area contributed by atoms with Gasteiger partial charge in [0, 0.05) is 5.02 Å². The van der Waals surface area contributed by atoms with Crippen molar-refractivity contribution in [3.8, 4) is 11.8 Å². The summed E-state index contributed by atoms with van der Waals surface area (Å²) in [6.45, 7) is 1.72. The zero-order chi connectivity index (χ0) is 19.4. The molecule has 0 saturated heterocycles. The van der Waals surface area contributed by atoms with Gasteiger partial charge in [0.05, 0.1) is 12.0 Å². The SMILES string of the molecule is C[C@H](OC(=O)[C@@H]1COc2ccc(Cl)cc2C1)C(=O)NC1(C#N)CCCCC1. The number of amides is 1. The third-order valence-electron chi connectivity index (χ3n) is 5.21. The Bertz CT molecular complexity index is 768. The van der Waals surface area contributed by atoms with Crippen LogP contribution in [0.3, 0.4) is 0 Å². The summed E-state index contributed by atoms with van der Waals surface area (Å²) in [5.41, 5.74) is -0.00180. The van der Waals surface area contributed by atoms with Crippen molar-refractivity contribution in [2.45, 2.75) is 57.1 Å². The van der Waals surface area contributed by atoms with Crippen molar-refractivity contribution in [3.05, 3.63) is 28.8 Å². The van der Waals surface area contributed by atoms with E-state index in [9.17, 15) is 14.9 Å². The molecular formula is C20H23ClN2O4. The number of fused-ring (bicyclic) bond motifs is 1. The Morgan fingerprint density at radius 3 is 2.81 bits per heavy atom. The lowest BCUT2D eigenvalue weighted by molar-refractivity contribution is -0.160. The molecule has 0 bridgehead atoms. The van der Waals surface area contributed by atoms with Crippen LogP contribution in [0.4, 0.5) is 0 Å². The van der Waals surface area contributed by atoms with Crippen LogP contribution in [0.25, 0.3) is 0 Å². The molecule has 1 aliphatic heterocycles. The van der Waals surface area contributed by atoms with Crippen LogP contribution >= 0.6 is 11.6 Å². The number of esters is 1. The molecule has 1 aliphatic carbocycles. The molecule has 0 radical (unpaired) electrons. The van der Waals surface area contributed by atoms with Gasteiger partial charge in [0.25, 0.3) is 5.91 Å². The first kappa shape index (κ1) is 19.5. The molecule has 0 aromatic heterocycles. The highest BCUT2D eigenvalue weighted by molar-refractivity contribution is 6.30. The van der Waals surface area contributed by atoms with E-state index >= 15 is 0 Å². The Hall–Kier alpha value is -2.26. The average Bonchev–Trinajstić information content (AvgIpc) is 2.67. The van der Waals surface area contributed by atoms with E-state index in [1.807, 2.05) is 0 Å². The highest BCUT2D eigenvalue weighted by Crippen LogP contribution is 2.31. The number of halogens is 1. The van der Waals surface area contributed by atoms with Gasteiger partial charge >= 0.3 is 5.97 Å². The van der Waals surface area contributed by atoms with Gasteiger partial charge in [-0.2, -0.15) is 5.26 Å². The Morgan fingerprint density at radius 1 is 1.37 bits per heavy atom. The fraction of sp³-hybridized carbons (Fsp3) is 0.550. The van der Waals surface area contributed by atoms with Crippen LogP contribution in [0.1, 0.15) is 44.6 Å². The van der Waals surface area contributed by atoms with Gasteiger partial charge in [0.1, 0.15) is 17.9 Å². The van der Waals surface area contributed by atoms with Crippen LogP contribution in [0.5, 0.6) is 5.75 Å². The second kappa shape index (κ2) is 8.18. The van der Waals surface area contributed by atoms with Crippen molar-refractivity contribution in [3.63, 3.8) is 0 Å². The number of carbonyl (C=O) groups excluding carboxylic acids is 2. The van der Waals surface area contributed by atoms with E-state index in [1.54, 1.807) is 18.2 Å².